The molecule has 0 aliphatic rings. The lowest BCUT2D eigenvalue weighted by molar-refractivity contribution is -0.139. The molecule has 7 heteroatoms. The van der Waals surface area contributed by atoms with Gasteiger partial charge in [0.15, 0.2) is 11.5 Å². The van der Waals surface area contributed by atoms with Gasteiger partial charge in [0.1, 0.15) is 6.42 Å². The maximum atomic E-state index is 11.4. The molecule has 0 atom stereocenters. The van der Waals surface area contributed by atoms with Crippen molar-refractivity contribution in [2.45, 2.75) is 6.42 Å². The fourth-order valence-corrected chi connectivity index (χ4v) is 1.50. The zero-order chi connectivity index (χ0) is 14.4. The van der Waals surface area contributed by atoms with Gasteiger partial charge in [-0.1, -0.05) is 0 Å². The molecule has 0 aliphatic carbocycles. The third-order valence-corrected chi connectivity index (χ3v) is 2.26. The van der Waals surface area contributed by atoms with Gasteiger partial charge in [0, 0.05) is 17.8 Å². The van der Waals surface area contributed by atoms with Gasteiger partial charge in [0.2, 0.25) is 11.7 Å². The van der Waals surface area contributed by atoms with Crippen LogP contribution in [0.3, 0.4) is 0 Å². The van der Waals surface area contributed by atoms with E-state index in [2.05, 4.69) is 5.32 Å². The molecule has 19 heavy (non-hydrogen) atoms. The second-order valence-corrected chi connectivity index (χ2v) is 3.53. The molecule has 0 saturated heterocycles. The summed E-state index contributed by atoms with van der Waals surface area (Å²) in [5.41, 5.74) is 0.362. The van der Waals surface area contributed by atoms with E-state index in [4.69, 9.17) is 19.3 Å². The Bertz CT molecular complexity index is 460. The van der Waals surface area contributed by atoms with Crippen molar-refractivity contribution in [1.82, 2.24) is 0 Å². The lowest BCUT2D eigenvalue weighted by atomic mass is 10.2. The van der Waals surface area contributed by atoms with Crippen molar-refractivity contribution in [3.05, 3.63) is 12.1 Å². The summed E-state index contributed by atoms with van der Waals surface area (Å²) >= 11 is 0. The molecule has 1 amide bonds. The highest BCUT2D eigenvalue weighted by atomic mass is 16.5. The minimum Gasteiger partial charge on any atom is -0.493 e. The third kappa shape index (κ3) is 3.77. The van der Waals surface area contributed by atoms with E-state index in [-0.39, 0.29) is 0 Å². The summed E-state index contributed by atoms with van der Waals surface area (Å²) in [6.07, 6.45) is -0.614. The number of carbonyl (C=O) groups is 2. The van der Waals surface area contributed by atoms with Gasteiger partial charge in [-0.25, -0.2) is 0 Å². The zero-order valence-corrected chi connectivity index (χ0v) is 10.9. The first kappa shape index (κ1) is 14.6. The highest BCUT2D eigenvalue weighted by Gasteiger charge is 2.15. The van der Waals surface area contributed by atoms with Crippen LogP contribution in [0.25, 0.3) is 0 Å². The molecule has 0 radical (unpaired) electrons. The van der Waals surface area contributed by atoms with E-state index in [1.807, 2.05) is 0 Å². The van der Waals surface area contributed by atoms with Crippen LogP contribution in [0.15, 0.2) is 12.1 Å². The molecule has 1 aromatic carbocycles. The SMILES string of the molecule is COc1cc(NC(=O)CC(=O)O)cc(OC)c1OC. The Morgan fingerprint density at radius 1 is 1.11 bits per heavy atom. The molecule has 0 heterocycles. The number of carboxylic acid groups (broad SMARTS) is 1. The maximum Gasteiger partial charge on any atom is 0.312 e. The number of rotatable bonds is 6. The molecule has 0 aromatic heterocycles. The topological polar surface area (TPSA) is 94.1 Å². The molecule has 1 aromatic rings. The fourth-order valence-electron chi connectivity index (χ4n) is 1.50. The highest BCUT2D eigenvalue weighted by molar-refractivity contribution is 6.01. The van der Waals surface area contributed by atoms with Crippen molar-refractivity contribution in [2.24, 2.45) is 0 Å². The Kier molecular flexibility index (Phi) is 4.99. The lowest BCUT2D eigenvalue weighted by Crippen LogP contribution is -2.16. The Balaban J connectivity index is 3.02. The normalized spacial score (nSPS) is 9.63. The number of benzene rings is 1. The number of hydrogen-bond acceptors (Lipinski definition) is 5. The summed E-state index contributed by atoms with van der Waals surface area (Å²) in [5, 5.41) is 11.0. The maximum absolute atomic E-state index is 11.4. The molecule has 0 saturated carbocycles. The molecule has 1 rings (SSSR count). The quantitative estimate of drug-likeness (QED) is 0.752. The first-order chi connectivity index (χ1) is 9.01. The summed E-state index contributed by atoms with van der Waals surface area (Å²) in [7, 11) is 4.35. The molecule has 7 nitrogen and oxygen atoms in total. The molecule has 2 N–H and O–H groups in total. The summed E-state index contributed by atoms with van der Waals surface area (Å²) < 4.78 is 15.3. The summed E-state index contributed by atoms with van der Waals surface area (Å²) in [4.78, 5) is 21.8. The smallest absolute Gasteiger partial charge is 0.312 e. The van der Waals surface area contributed by atoms with Gasteiger partial charge in [-0.3, -0.25) is 9.59 Å². The third-order valence-electron chi connectivity index (χ3n) is 2.26. The van der Waals surface area contributed by atoms with E-state index >= 15 is 0 Å². The Morgan fingerprint density at radius 3 is 2.00 bits per heavy atom. The number of nitrogens with one attached hydrogen (secondary N) is 1. The van der Waals surface area contributed by atoms with Crippen LogP contribution in [0.5, 0.6) is 17.2 Å². The van der Waals surface area contributed by atoms with Gasteiger partial charge in [-0.05, 0) is 0 Å². The predicted octanol–water partition coefficient (Wildman–Crippen LogP) is 1.13. The average Bonchev–Trinajstić information content (AvgIpc) is 2.36. The number of aliphatic carboxylic acids is 1. The van der Waals surface area contributed by atoms with E-state index in [9.17, 15) is 9.59 Å². The van der Waals surface area contributed by atoms with Gasteiger partial charge in [-0.15, -0.1) is 0 Å². The number of hydrogen-bond donors (Lipinski definition) is 2. The number of amides is 1. The van der Waals surface area contributed by atoms with Crippen LogP contribution in [0, 0.1) is 0 Å². The van der Waals surface area contributed by atoms with Crippen LogP contribution >= 0.6 is 0 Å². The minimum atomic E-state index is -1.20. The van der Waals surface area contributed by atoms with E-state index < -0.39 is 18.3 Å². The van der Waals surface area contributed by atoms with Crippen LogP contribution < -0.4 is 19.5 Å². The standard InChI is InChI=1S/C12H15NO6/c1-17-8-4-7(13-10(14)6-11(15)16)5-9(18-2)12(8)19-3/h4-5H,6H2,1-3H3,(H,13,14)(H,15,16). The van der Waals surface area contributed by atoms with Crippen LogP contribution in [-0.4, -0.2) is 38.3 Å². The van der Waals surface area contributed by atoms with Crippen molar-refractivity contribution >= 4 is 17.6 Å². The second-order valence-electron chi connectivity index (χ2n) is 3.53. The van der Waals surface area contributed by atoms with Gasteiger partial charge in [-0.2, -0.15) is 0 Å². The first-order valence-corrected chi connectivity index (χ1v) is 5.33. The van der Waals surface area contributed by atoms with Crippen LogP contribution in [-0.2, 0) is 9.59 Å². The van der Waals surface area contributed by atoms with Gasteiger partial charge in [0.25, 0.3) is 0 Å². The van der Waals surface area contributed by atoms with E-state index in [0.29, 0.717) is 22.9 Å². The van der Waals surface area contributed by atoms with E-state index in [1.54, 1.807) is 0 Å². The fraction of sp³-hybridized carbons (Fsp3) is 0.333. The highest BCUT2D eigenvalue weighted by Crippen LogP contribution is 2.39. The van der Waals surface area contributed by atoms with Gasteiger partial charge < -0.3 is 24.6 Å². The van der Waals surface area contributed by atoms with Crippen LogP contribution in [0.1, 0.15) is 6.42 Å². The lowest BCUT2D eigenvalue weighted by Gasteiger charge is -2.14. The van der Waals surface area contributed by atoms with Crippen LogP contribution in [0.2, 0.25) is 0 Å². The average molecular weight is 269 g/mol. The molecular formula is C12H15NO6. The Hall–Kier alpha value is -2.44. The summed E-state index contributed by atoms with van der Waals surface area (Å²) in [6, 6.07) is 3.03. The number of anilines is 1. The molecule has 0 bridgehead atoms. The van der Waals surface area contributed by atoms with Crippen molar-refractivity contribution in [2.75, 3.05) is 26.6 Å². The summed E-state index contributed by atoms with van der Waals surface area (Å²) in [5.74, 6) is -0.715. The van der Waals surface area contributed by atoms with Gasteiger partial charge in [0.05, 0.1) is 21.3 Å². The van der Waals surface area contributed by atoms with Gasteiger partial charge >= 0.3 is 5.97 Å². The first-order valence-electron chi connectivity index (χ1n) is 5.33. The number of methoxy groups -OCH3 is 3. The number of ether oxygens (including phenoxy) is 3. The van der Waals surface area contributed by atoms with Crippen molar-refractivity contribution in [1.29, 1.82) is 0 Å². The van der Waals surface area contributed by atoms with E-state index in [0.717, 1.165) is 0 Å². The number of carboxylic acids is 1. The minimum absolute atomic E-state index is 0.362. The predicted molar refractivity (Wildman–Crippen MR) is 67.0 cm³/mol. The second kappa shape index (κ2) is 6.48. The zero-order valence-electron chi connectivity index (χ0n) is 10.9. The Morgan fingerprint density at radius 2 is 1.63 bits per heavy atom. The van der Waals surface area contributed by atoms with E-state index in [1.165, 1.54) is 33.5 Å². The molecule has 0 unspecified atom stereocenters. The van der Waals surface area contributed by atoms with Crippen molar-refractivity contribution in [3.63, 3.8) is 0 Å². The van der Waals surface area contributed by atoms with Crippen molar-refractivity contribution in [3.8, 4) is 17.2 Å². The molecule has 104 valence electrons. The van der Waals surface area contributed by atoms with Crippen LogP contribution in [0.4, 0.5) is 5.69 Å². The number of carbonyl (C=O) groups excluding carboxylic acids is 1. The monoisotopic (exact) mass is 269 g/mol. The summed E-state index contributed by atoms with van der Waals surface area (Å²) in [6.45, 7) is 0. The molecule has 0 fully saturated rings. The molecule has 0 spiro atoms. The molecular weight excluding hydrogens is 254 g/mol. The van der Waals surface area contributed by atoms with Crippen molar-refractivity contribution < 1.29 is 28.9 Å². The Labute approximate surface area is 110 Å². The molecule has 0 aliphatic heterocycles. The largest absolute Gasteiger partial charge is 0.493 e.